The van der Waals surface area contributed by atoms with Crippen LogP contribution < -0.4 is 19.7 Å². The first-order valence-electron chi connectivity index (χ1n) is 10.2. The van der Waals surface area contributed by atoms with E-state index in [4.69, 9.17) is 9.47 Å². The van der Waals surface area contributed by atoms with Gasteiger partial charge in [-0.15, -0.1) is 0 Å². The Hall–Kier alpha value is -3.02. The molecule has 6 nitrogen and oxygen atoms in total. The Morgan fingerprint density at radius 2 is 1.76 bits per heavy atom. The van der Waals surface area contributed by atoms with Crippen LogP contribution in [0.25, 0.3) is 0 Å². The predicted molar refractivity (Wildman–Crippen MR) is 112 cm³/mol. The smallest absolute Gasteiger partial charge is 0.229 e. The molecule has 0 aliphatic carbocycles. The first kappa shape index (κ1) is 19.3. The summed E-state index contributed by atoms with van der Waals surface area (Å²) in [4.78, 5) is 27.3. The van der Waals surface area contributed by atoms with Gasteiger partial charge in [-0.05, 0) is 36.1 Å². The summed E-state index contributed by atoms with van der Waals surface area (Å²) in [5.74, 6) is 0.781. The van der Waals surface area contributed by atoms with E-state index in [2.05, 4.69) is 19.2 Å². The molecule has 1 saturated heterocycles. The van der Waals surface area contributed by atoms with Crippen molar-refractivity contribution in [3.8, 4) is 11.5 Å². The van der Waals surface area contributed by atoms with Crippen LogP contribution in [0.5, 0.6) is 11.5 Å². The number of para-hydroxylation sites is 1. The number of fused-ring (bicyclic) bond motifs is 1. The summed E-state index contributed by atoms with van der Waals surface area (Å²) < 4.78 is 11.2. The normalized spacial score (nSPS) is 18.1. The molecule has 0 spiro atoms. The molecule has 2 aromatic rings. The number of nitrogens with zero attached hydrogens (tertiary/aromatic N) is 1. The van der Waals surface area contributed by atoms with Gasteiger partial charge in [-0.2, -0.15) is 0 Å². The van der Waals surface area contributed by atoms with Gasteiger partial charge < -0.3 is 19.7 Å². The number of carbonyl (C=O) groups is 2. The fourth-order valence-corrected chi connectivity index (χ4v) is 3.96. The highest BCUT2D eigenvalue weighted by atomic mass is 16.6. The van der Waals surface area contributed by atoms with Crippen LogP contribution >= 0.6 is 0 Å². The lowest BCUT2D eigenvalue weighted by atomic mass is 10.0. The second kappa shape index (κ2) is 8.15. The molecule has 6 heteroatoms. The second-order valence-electron chi connectivity index (χ2n) is 7.38. The number of benzene rings is 2. The van der Waals surface area contributed by atoms with Gasteiger partial charge in [0.15, 0.2) is 11.5 Å². The summed E-state index contributed by atoms with van der Waals surface area (Å²) in [5, 5.41) is 3.10. The van der Waals surface area contributed by atoms with Crippen molar-refractivity contribution in [3.05, 3.63) is 47.5 Å². The van der Waals surface area contributed by atoms with Crippen LogP contribution in [0.15, 0.2) is 36.4 Å². The van der Waals surface area contributed by atoms with E-state index in [-0.39, 0.29) is 24.2 Å². The maximum atomic E-state index is 13.0. The van der Waals surface area contributed by atoms with Crippen molar-refractivity contribution >= 4 is 23.2 Å². The van der Waals surface area contributed by atoms with Gasteiger partial charge in [0.1, 0.15) is 13.2 Å². The summed E-state index contributed by atoms with van der Waals surface area (Å²) in [6.07, 6.45) is 1.89. The van der Waals surface area contributed by atoms with Crippen LogP contribution in [0.3, 0.4) is 0 Å². The van der Waals surface area contributed by atoms with Crippen LogP contribution in [0.4, 0.5) is 11.4 Å². The van der Waals surface area contributed by atoms with E-state index in [1.807, 2.05) is 36.4 Å². The molecule has 0 saturated carbocycles. The minimum Gasteiger partial charge on any atom is -0.486 e. The molecule has 2 aromatic carbocycles. The van der Waals surface area contributed by atoms with Crippen molar-refractivity contribution in [2.45, 2.75) is 33.1 Å². The lowest BCUT2D eigenvalue weighted by molar-refractivity contribution is -0.122. The third-order valence-electron chi connectivity index (χ3n) is 5.58. The molecule has 0 bridgehead atoms. The number of ether oxygens (including phenoxy) is 2. The first-order valence-corrected chi connectivity index (χ1v) is 10.2. The highest BCUT2D eigenvalue weighted by Crippen LogP contribution is 2.36. The molecule has 2 heterocycles. The second-order valence-corrected chi connectivity index (χ2v) is 7.38. The minimum atomic E-state index is -0.384. The molecule has 0 unspecified atom stereocenters. The average molecular weight is 394 g/mol. The van der Waals surface area contributed by atoms with Crippen molar-refractivity contribution in [2.24, 2.45) is 5.92 Å². The third kappa shape index (κ3) is 3.79. The van der Waals surface area contributed by atoms with E-state index < -0.39 is 0 Å². The highest BCUT2D eigenvalue weighted by Gasteiger charge is 2.36. The van der Waals surface area contributed by atoms with Crippen molar-refractivity contribution in [1.82, 2.24) is 0 Å². The van der Waals surface area contributed by atoms with Gasteiger partial charge in [-0.1, -0.05) is 32.0 Å². The molecular formula is C23H26N2O4. The van der Waals surface area contributed by atoms with Crippen molar-refractivity contribution in [3.63, 3.8) is 0 Å². The number of carbonyl (C=O) groups excluding carboxylic acids is 2. The molecule has 0 aromatic heterocycles. The molecule has 0 radical (unpaired) electrons. The fourth-order valence-electron chi connectivity index (χ4n) is 3.96. The number of hydrogen-bond acceptors (Lipinski definition) is 4. The monoisotopic (exact) mass is 394 g/mol. The summed E-state index contributed by atoms with van der Waals surface area (Å²) >= 11 is 0. The molecule has 4 rings (SSSR count). The number of nitrogens with one attached hydrogen (secondary N) is 1. The molecule has 1 fully saturated rings. The van der Waals surface area contributed by atoms with Gasteiger partial charge in [-0.3, -0.25) is 9.59 Å². The molecule has 2 amide bonds. The van der Waals surface area contributed by atoms with Crippen LogP contribution in [0, 0.1) is 5.92 Å². The van der Waals surface area contributed by atoms with Gasteiger partial charge in [0.2, 0.25) is 11.8 Å². The standard InChI is InChI=1S/C23H26N2O4/c1-3-15-6-5-7-16(4-2)22(15)24-23(27)17-12-21(26)25(14-17)18-8-9-19-20(13-18)29-11-10-28-19/h5-9,13,17H,3-4,10-12,14H2,1-2H3,(H,24,27)/t17-/m1/s1. The fraction of sp³-hybridized carbons (Fsp3) is 0.391. The topological polar surface area (TPSA) is 67.9 Å². The van der Waals surface area contributed by atoms with Crippen molar-refractivity contribution in [1.29, 1.82) is 0 Å². The predicted octanol–water partition coefficient (Wildman–Crippen LogP) is 3.57. The van der Waals surface area contributed by atoms with Crippen LogP contribution in [0.2, 0.25) is 0 Å². The van der Waals surface area contributed by atoms with E-state index in [1.54, 1.807) is 4.90 Å². The zero-order valence-corrected chi connectivity index (χ0v) is 16.9. The van der Waals surface area contributed by atoms with Gasteiger partial charge >= 0.3 is 0 Å². The van der Waals surface area contributed by atoms with Crippen LogP contribution in [0.1, 0.15) is 31.4 Å². The molecule has 1 atom stereocenters. The number of amides is 2. The van der Waals surface area contributed by atoms with Crippen LogP contribution in [-0.4, -0.2) is 31.6 Å². The van der Waals surface area contributed by atoms with Crippen LogP contribution in [-0.2, 0) is 22.4 Å². The summed E-state index contributed by atoms with van der Waals surface area (Å²) in [7, 11) is 0. The molecule has 2 aliphatic rings. The molecule has 2 aliphatic heterocycles. The van der Waals surface area contributed by atoms with Crippen molar-refractivity contribution in [2.75, 3.05) is 30.0 Å². The van der Waals surface area contributed by atoms with E-state index in [0.29, 0.717) is 31.3 Å². The Balaban J connectivity index is 1.50. The Morgan fingerprint density at radius 3 is 2.45 bits per heavy atom. The van der Waals surface area contributed by atoms with E-state index in [1.165, 1.54) is 0 Å². The number of aryl methyl sites for hydroxylation is 2. The maximum absolute atomic E-state index is 13.0. The first-order chi connectivity index (χ1) is 14.1. The summed E-state index contributed by atoms with van der Waals surface area (Å²) in [6, 6.07) is 11.6. The minimum absolute atomic E-state index is 0.0543. The number of hydrogen-bond donors (Lipinski definition) is 1. The maximum Gasteiger partial charge on any atom is 0.229 e. The number of anilines is 2. The largest absolute Gasteiger partial charge is 0.486 e. The lowest BCUT2D eigenvalue weighted by Gasteiger charge is -2.22. The van der Waals surface area contributed by atoms with E-state index in [9.17, 15) is 9.59 Å². The molecule has 29 heavy (non-hydrogen) atoms. The Kier molecular flexibility index (Phi) is 5.43. The van der Waals surface area contributed by atoms with Gasteiger partial charge in [-0.25, -0.2) is 0 Å². The SMILES string of the molecule is CCc1cccc(CC)c1NC(=O)[C@@H]1CC(=O)N(c2ccc3c(c2)OCCO3)C1. The Morgan fingerprint density at radius 1 is 1.07 bits per heavy atom. The zero-order chi connectivity index (χ0) is 20.4. The lowest BCUT2D eigenvalue weighted by Crippen LogP contribution is -2.28. The zero-order valence-electron chi connectivity index (χ0n) is 16.9. The van der Waals surface area contributed by atoms with Crippen molar-refractivity contribution < 1.29 is 19.1 Å². The average Bonchev–Trinajstić information content (AvgIpc) is 3.15. The molecule has 1 N–H and O–H groups in total. The molecule has 152 valence electrons. The third-order valence-corrected chi connectivity index (χ3v) is 5.58. The number of rotatable bonds is 5. The summed E-state index contributed by atoms with van der Waals surface area (Å²) in [6.45, 7) is 5.53. The van der Waals surface area contributed by atoms with Gasteiger partial charge in [0.25, 0.3) is 0 Å². The van der Waals surface area contributed by atoms with Gasteiger partial charge in [0, 0.05) is 30.4 Å². The molecular weight excluding hydrogens is 368 g/mol. The quantitative estimate of drug-likeness (QED) is 0.842. The van der Waals surface area contributed by atoms with E-state index >= 15 is 0 Å². The summed E-state index contributed by atoms with van der Waals surface area (Å²) in [5.41, 5.74) is 3.86. The Bertz CT molecular complexity index is 918. The Labute approximate surface area is 170 Å². The van der Waals surface area contributed by atoms with Gasteiger partial charge in [0.05, 0.1) is 5.92 Å². The van der Waals surface area contributed by atoms with E-state index in [0.717, 1.165) is 35.3 Å². The highest BCUT2D eigenvalue weighted by molar-refractivity contribution is 6.04.